The van der Waals surface area contributed by atoms with Crippen molar-refractivity contribution in [3.8, 4) is 11.5 Å². The molecule has 0 aromatic heterocycles. The van der Waals surface area contributed by atoms with E-state index in [1.54, 1.807) is 4.90 Å². The van der Waals surface area contributed by atoms with Crippen LogP contribution in [0.3, 0.4) is 0 Å². The van der Waals surface area contributed by atoms with Crippen molar-refractivity contribution in [3.05, 3.63) is 60.2 Å². The van der Waals surface area contributed by atoms with Crippen LogP contribution >= 0.6 is 0 Å². The van der Waals surface area contributed by atoms with Gasteiger partial charge in [0.2, 0.25) is 0 Å². The molecule has 2 aliphatic rings. The molecule has 2 heterocycles. The fraction of sp³-hybridized carbons (Fsp3) is 0.458. The van der Waals surface area contributed by atoms with Gasteiger partial charge in [0.1, 0.15) is 30.3 Å². The van der Waals surface area contributed by atoms with E-state index in [4.69, 9.17) is 9.47 Å². The lowest BCUT2D eigenvalue weighted by Crippen LogP contribution is -2.51. The first-order valence-corrected chi connectivity index (χ1v) is 11.0. The quantitative estimate of drug-likeness (QED) is 0.646. The second-order valence-corrected chi connectivity index (χ2v) is 8.35. The topological polar surface area (TPSA) is 74.3 Å². The van der Waals surface area contributed by atoms with Crippen LogP contribution in [-0.4, -0.2) is 72.5 Å². The minimum absolute atomic E-state index is 0.0189. The Balaban J connectivity index is 1.23. The van der Waals surface area contributed by atoms with Crippen molar-refractivity contribution in [2.24, 2.45) is 0 Å². The number of β-amino-alcohol motifs (C(OH)–C–C–N with tert-alkyl or cyclic N) is 1. The van der Waals surface area contributed by atoms with Gasteiger partial charge >= 0.3 is 6.03 Å². The van der Waals surface area contributed by atoms with Crippen molar-refractivity contribution in [2.75, 3.05) is 45.9 Å². The number of rotatable bonds is 9. The fourth-order valence-corrected chi connectivity index (χ4v) is 4.14. The molecule has 0 bridgehead atoms. The first-order valence-electron chi connectivity index (χ1n) is 11.0. The van der Waals surface area contributed by atoms with Gasteiger partial charge in [-0.1, -0.05) is 30.3 Å². The predicted octanol–water partition coefficient (Wildman–Crippen LogP) is 2.50. The number of urea groups is 1. The number of hydrogen-bond donors (Lipinski definition) is 2. The number of benzene rings is 2. The molecule has 2 amide bonds. The van der Waals surface area contributed by atoms with Crippen molar-refractivity contribution in [3.63, 3.8) is 0 Å². The molecule has 7 nitrogen and oxygen atoms in total. The zero-order chi connectivity index (χ0) is 21.5. The molecule has 0 spiro atoms. The highest BCUT2D eigenvalue weighted by Crippen LogP contribution is 2.24. The summed E-state index contributed by atoms with van der Waals surface area (Å²) in [5, 5.41) is 13.8. The maximum atomic E-state index is 11.5. The maximum Gasteiger partial charge on any atom is 0.317 e. The van der Waals surface area contributed by atoms with Crippen LogP contribution < -0.4 is 14.8 Å². The van der Waals surface area contributed by atoms with E-state index >= 15 is 0 Å². The molecule has 1 atom stereocenters. The zero-order valence-electron chi connectivity index (χ0n) is 17.8. The number of piperidine rings is 1. The molecule has 4 rings (SSSR count). The molecule has 2 N–H and O–H groups in total. The van der Waals surface area contributed by atoms with E-state index in [9.17, 15) is 9.90 Å². The van der Waals surface area contributed by atoms with Gasteiger partial charge in [-0.05, 0) is 49.2 Å². The summed E-state index contributed by atoms with van der Waals surface area (Å²) in [6.07, 6.45) is 1.69. The molecular formula is C24H31N3O4. The minimum atomic E-state index is -0.834. The Morgan fingerprint density at radius 2 is 1.77 bits per heavy atom. The van der Waals surface area contributed by atoms with Gasteiger partial charge in [-0.2, -0.15) is 0 Å². The molecule has 2 aromatic rings. The summed E-state index contributed by atoms with van der Waals surface area (Å²) in [6, 6.07) is 17.7. The number of hydrogen-bond acceptors (Lipinski definition) is 5. The third-order valence-corrected chi connectivity index (χ3v) is 5.79. The van der Waals surface area contributed by atoms with Crippen molar-refractivity contribution in [1.82, 2.24) is 15.1 Å². The van der Waals surface area contributed by atoms with Crippen molar-refractivity contribution in [1.29, 1.82) is 0 Å². The van der Waals surface area contributed by atoms with E-state index in [1.807, 2.05) is 42.5 Å². The van der Waals surface area contributed by atoms with Crippen LogP contribution in [0.15, 0.2) is 54.6 Å². The summed E-state index contributed by atoms with van der Waals surface area (Å²) in [4.78, 5) is 15.6. The van der Waals surface area contributed by atoms with Gasteiger partial charge in [0.15, 0.2) is 0 Å². The summed E-state index contributed by atoms with van der Waals surface area (Å²) >= 11 is 0. The monoisotopic (exact) mass is 425 g/mol. The first-order chi connectivity index (χ1) is 15.1. The number of aliphatic hydroxyl groups is 1. The molecule has 31 heavy (non-hydrogen) atoms. The summed E-state index contributed by atoms with van der Waals surface area (Å²) in [5.74, 6) is 1.59. The molecule has 1 unspecified atom stereocenters. The van der Waals surface area contributed by atoms with Gasteiger partial charge in [0.25, 0.3) is 0 Å². The Morgan fingerprint density at radius 3 is 2.52 bits per heavy atom. The number of ether oxygens (including phenoxy) is 2. The van der Waals surface area contributed by atoms with Crippen molar-refractivity contribution in [2.45, 2.75) is 25.0 Å². The van der Waals surface area contributed by atoms with E-state index in [-0.39, 0.29) is 6.03 Å². The lowest BCUT2D eigenvalue weighted by Gasteiger charge is -2.39. The van der Waals surface area contributed by atoms with Crippen molar-refractivity contribution < 1.29 is 19.4 Å². The zero-order valence-corrected chi connectivity index (χ0v) is 17.8. The second kappa shape index (κ2) is 10.0. The average molecular weight is 426 g/mol. The molecule has 166 valence electrons. The smallest absolute Gasteiger partial charge is 0.317 e. The summed E-state index contributed by atoms with van der Waals surface area (Å²) in [7, 11) is 0. The van der Waals surface area contributed by atoms with E-state index in [0.717, 1.165) is 44.0 Å². The third-order valence-electron chi connectivity index (χ3n) is 5.79. The Morgan fingerprint density at radius 1 is 1.00 bits per heavy atom. The number of carbonyl (C=O) groups is 1. The molecule has 0 radical (unpaired) electrons. The maximum absolute atomic E-state index is 11.5. The van der Waals surface area contributed by atoms with Crippen LogP contribution in [0.5, 0.6) is 11.5 Å². The van der Waals surface area contributed by atoms with Gasteiger partial charge in [0.05, 0.1) is 6.54 Å². The van der Waals surface area contributed by atoms with Crippen LogP contribution in [-0.2, 0) is 6.54 Å². The molecule has 7 heteroatoms. The summed E-state index contributed by atoms with van der Waals surface area (Å²) in [5.41, 5.74) is 0.346. The second-order valence-electron chi connectivity index (χ2n) is 8.35. The Kier molecular flexibility index (Phi) is 6.94. The summed E-state index contributed by atoms with van der Waals surface area (Å²) in [6.45, 7) is 5.15. The number of nitrogens with one attached hydrogen (secondary N) is 1. The number of para-hydroxylation sites is 1. The Labute approximate surface area is 183 Å². The van der Waals surface area contributed by atoms with Gasteiger partial charge in [0, 0.05) is 26.2 Å². The molecule has 2 aliphatic heterocycles. The highest BCUT2D eigenvalue weighted by molar-refractivity contribution is 5.76. The van der Waals surface area contributed by atoms with Crippen LogP contribution in [0.1, 0.15) is 18.4 Å². The van der Waals surface area contributed by atoms with E-state index in [0.29, 0.717) is 32.8 Å². The van der Waals surface area contributed by atoms with Crippen LogP contribution in [0.4, 0.5) is 4.79 Å². The Bertz CT molecular complexity index is 846. The van der Waals surface area contributed by atoms with Crippen molar-refractivity contribution >= 4 is 6.03 Å². The van der Waals surface area contributed by atoms with E-state index < -0.39 is 5.60 Å². The van der Waals surface area contributed by atoms with Gasteiger partial charge in [-0.3, -0.25) is 4.90 Å². The SMILES string of the molecule is O=C1NCCN1CCOc1ccc(CN2CCCC(O)(COc3ccccc3)C2)cc1. The fourth-order valence-electron chi connectivity index (χ4n) is 4.14. The van der Waals surface area contributed by atoms with Gasteiger partial charge in [-0.15, -0.1) is 0 Å². The standard InChI is InChI=1S/C24H31N3O4/c28-23-25-12-14-27(23)15-16-30-22-9-7-20(8-10-22)17-26-13-4-11-24(29,18-26)19-31-21-5-2-1-3-6-21/h1-3,5-10,29H,4,11-19H2,(H,25,28). The van der Waals surface area contributed by atoms with Crippen LogP contribution in [0.25, 0.3) is 0 Å². The molecule has 0 saturated carbocycles. The van der Waals surface area contributed by atoms with Gasteiger partial charge < -0.3 is 24.8 Å². The molecule has 2 saturated heterocycles. The normalized spacial score (nSPS) is 21.7. The predicted molar refractivity (Wildman–Crippen MR) is 118 cm³/mol. The van der Waals surface area contributed by atoms with E-state index in [1.165, 1.54) is 5.56 Å². The number of nitrogens with zero attached hydrogens (tertiary/aromatic N) is 2. The highest BCUT2D eigenvalue weighted by atomic mass is 16.5. The largest absolute Gasteiger partial charge is 0.492 e. The Hall–Kier alpha value is -2.77. The molecule has 2 fully saturated rings. The average Bonchev–Trinajstić information content (AvgIpc) is 3.19. The minimum Gasteiger partial charge on any atom is -0.492 e. The number of amides is 2. The third kappa shape index (κ3) is 6.12. The lowest BCUT2D eigenvalue weighted by atomic mass is 9.93. The number of carbonyl (C=O) groups excluding carboxylic acids is 1. The highest BCUT2D eigenvalue weighted by Gasteiger charge is 2.34. The van der Waals surface area contributed by atoms with E-state index in [2.05, 4.69) is 22.3 Å². The molecular weight excluding hydrogens is 394 g/mol. The lowest BCUT2D eigenvalue weighted by molar-refractivity contribution is -0.0621. The van der Waals surface area contributed by atoms with Gasteiger partial charge in [-0.25, -0.2) is 4.79 Å². The first kappa shape index (κ1) is 21.5. The number of likely N-dealkylation sites (tertiary alicyclic amines) is 1. The molecule has 0 aliphatic carbocycles. The summed E-state index contributed by atoms with van der Waals surface area (Å²) < 4.78 is 11.6. The van der Waals surface area contributed by atoms with Crippen LogP contribution in [0.2, 0.25) is 0 Å². The van der Waals surface area contributed by atoms with Crippen LogP contribution in [0, 0.1) is 0 Å². The molecule has 2 aromatic carbocycles.